The van der Waals surface area contributed by atoms with Gasteiger partial charge in [-0.25, -0.2) is 4.57 Å². The van der Waals surface area contributed by atoms with Gasteiger partial charge < -0.3 is 0 Å². The topological polar surface area (TPSA) is 9.03 Å². The average Bonchev–Trinajstić information content (AvgIpc) is 2.52. The fraction of sp³-hybridized carbons (Fsp3) is 0.533. The second kappa shape index (κ2) is 2.92. The van der Waals surface area contributed by atoms with Crippen molar-refractivity contribution in [3.05, 3.63) is 34.4 Å². The zero-order valence-electron chi connectivity index (χ0n) is 12.6. The molecule has 0 saturated heterocycles. The Bertz CT molecular complexity index is 648. The summed E-state index contributed by atoms with van der Waals surface area (Å²) < 4.78 is 12.9. The van der Waals surface area contributed by atoms with Gasteiger partial charge in [-0.1, -0.05) is 0 Å². The van der Waals surface area contributed by atoms with Gasteiger partial charge in [0.1, 0.15) is 6.91 Å². The molecule has 0 radical (unpaired) electrons. The third-order valence-electron chi connectivity index (χ3n) is 4.38. The monoisotopic (exact) mass is 231 g/mol. The molecule has 3 rings (SSSR count). The summed E-state index contributed by atoms with van der Waals surface area (Å²) in [6, 6.07) is 0. The van der Waals surface area contributed by atoms with Crippen molar-refractivity contribution < 1.29 is 5.77 Å². The molecule has 3 heterocycles. The molecule has 90 valence electrons. The van der Waals surface area contributed by atoms with E-state index in [-0.39, 0.29) is 5.54 Å². The molecular weight excluding hydrogens is 208 g/mol. The van der Waals surface area contributed by atoms with Gasteiger partial charge in [0.25, 0.3) is 5.82 Å². The lowest BCUT2D eigenvalue weighted by Crippen LogP contribution is -2.41. The molecule has 2 nitrogen and oxygen atoms in total. The number of hydrogen-bond acceptors (Lipinski definition) is 0. The summed E-state index contributed by atoms with van der Waals surface area (Å²) in [6.07, 6.45) is 1.75. The normalized spacial score (nSPS) is 17.9. The van der Waals surface area contributed by atoms with Crippen LogP contribution in [0.5, 0.6) is 0 Å². The van der Waals surface area contributed by atoms with Crippen LogP contribution in [-0.2, 0) is 12.0 Å². The molecule has 2 heteroatoms. The van der Waals surface area contributed by atoms with Crippen molar-refractivity contribution in [3.8, 4) is 0 Å². The first-order chi connectivity index (χ1) is 8.27. The summed E-state index contributed by atoms with van der Waals surface area (Å²) in [5.74, 6) is 1.19. The van der Waals surface area contributed by atoms with Crippen molar-refractivity contribution in [2.75, 3.05) is 0 Å². The van der Waals surface area contributed by atoms with E-state index in [1.54, 1.807) is 0 Å². The van der Waals surface area contributed by atoms with Crippen LogP contribution in [0.3, 0.4) is 0 Å². The summed E-state index contributed by atoms with van der Waals surface area (Å²) >= 11 is 0. The molecule has 1 aliphatic rings. The number of hydrogen-bond donors (Lipinski definition) is 0. The molecule has 0 amide bonds. The van der Waals surface area contributed by atoms with Crippen molar-refractivity contribution >= 4 is 5.52 Å². The zero-order valence-corrected chi connectivity index (χ0v) is 11.6. The van der Waals surface area contributed by atoms with Crippen molar-refractivity contribution in [1.29, 1.82) is 0 Å². The quantitative estimate of drug-likeness (QED) is 0.617. The molecule has 0 aromatic carbocycles. The van der Waals surface area contributed by atoms with Gasteiger partial charge in [0.15, 0.2) is 11.2 Å². The molecule has 0 bridgehead atoms. The van der Waals surface area contributed by atoms with Crippen LogP contribution in [0.1, 0.15) is 43.4 Å². The highest BCUT2D eigenvalue weighted by Crippen LogP contribution is 2.37. The second-order valence-electron chi connectivity index (χ2n) is 5.99. The van der Waals surface area contributed by atoms with Crippen molar-refractivity contribution in [3.63, 3.8) is 0 Å². The van der Waals surface area contributed by atoms with Gasteiger partial charge in [-0.15, -0.1) is 0 Å². The van der Waals surface area contributed by atoms with Gasteiger partial charge in [0.2, 0.25) is 0 Å². The van der Waals surface area contributed by atoms with E-state index in [1.165, 1.54) is 28.2 Å². The number of imidazole rings is 1. The van der Waals surface area contributed by atoms with E-state index in [0.717, 1.165) is 12.0 Å². The van der Waals surface area contributed by atoms with Crippen molar-refractivity contribution in [1.82, 2.24) is 4.57 Å². The van der Waals surface area contributed by atoms with Crippen LogP contribution in [0.15, 0.2) is 6.17 Å². The summed E-state index contributed by atoms with van der Waals surface area (Å²) in [4.78, 5) is 0. The van der Waals surface area contributed by atoms with Crippen LogP contribution in [-0.4, -0.2) is 4.57 Å². The van der Waals surface area contributed by atoms with Crippen LogP contribution < -0.4 is 4.40 Å². The van der Waals surface area contributed by atoms with Gasteiger partial charge in [-0.3, -0.25) is 0 Å². The fourth-order valence-corrected chi connectivity index (χ4v) is 3.29. The average molecular weight is 231 g/mol. The van der Waals surface area contributed by atoms with Gasteiger partial charge in [0, 0.05) is 12.5 Å². The lowest BCUT2D eigenvalue weighted by Gasteiger charge is -2.31. The minimum Gasteiger partial charge on any atom is -0.225 e. The standard InChI is InChI=1S/C15H21N2/c1-9-8-16-12(4)17-13(7-15(17,5)6)14(16)11(3)10(9)2/h8H,7H2,1-6H3/q+1/i8T. The van der Waals surface area contributed by atoms with Crippen LogP contribution in [0.2, 0.25) is 0 Å². The third-order valence-corrected chi connectivity index (χ3v) is 4.38. The highest BCUT2D eigenvalue weighted by atomic mass is 15.2. The molecule has 0 fully saturated rings. The number of fused-ring (bicyclic) bond motifs is 3. The highest BCUT2D eigenvalue weighted by Gasteiger charge is 2.46. The first-order valence-corrected chi connectivity index (χ1v) is 6.30. The van der Waals surface area contributed by atoms with Gasteiger partial charge in [0.05, 0.1) is 12.6 Å². The zero-order chi connectivity index (χ0) is 13.4. The number of nitrogens with zero attached hydrogens (tertiary/aromatic N) is 2. The number of aryl methyl sites for hydroxylation is 2. The molecule has 0 unspecified atom stereocenters. The van der Waals surface area contributed by atoms with E-state index in [0.29, 0.717) is 6.17 Å². The van der Waals surface area contributed by atoms with Gasteiger partial charge >= 0.3 is 0 Å². The maximum Gasteiger partial charge on any atom is 0.259 e. The predicted octanol–water partition coefficient (Wildman–Crippen LogP) is 2.75. The Hall–Kier alpha value is -1.31. The van der Waals surface area contributed by atoms with E-state index in [2.05, 4.69) is 50.5 Å². The Morgan fingerprint density at radius 2 is 1.88 bits per heavy atom. The van der Waals surface area contributed by atoms with Crippen LogP contribution in [0.25, 0.3) is 5.52 Å². The second-order valence-corrected chi connectivity index (χ2v) is 5.99. The predicted molar refractivity (Wildman–Crippen MR) is 69.6 cm³/mol. The number of aromatic nitrogens is 2. The van der Waals surface area contributed by atoms with E-state index in [9.17, 15) is 0 Å². The maximum absolute atomic E-state index is 8.38. The molecular formula is C15H21N2+. The fourth-order valence-electron chi connectivity index (χ4n) is 3.29. The van der Waals surface area contributed by atoms with E-state index in [4.69, 9.17) is 1.37 Å². The first-order valence-electron chi connectivity index (χ1n) is 6.80. The van der Waals surface area contributed by atoms with Crippen molar-refractivity contribution in [2.24, 2.45) is 0 Å². The summed E-state index contributed by atoms with van der Waals surface area (Å²) in [7, 11) is 0. The highest BCUT2D eigenvalue weighted by molar-refractivity contribution is 5.59. The Morgan fingerprint density at radius 1 is 1.24 bits per heavy atom. The SMILES string of the molecule is [3H]c1c(C)c(C)c(C)c2c3n(c(C)[n+]12)C(C)(C)C3. The van der Waals surface area contributed by atoms with Crippen LogP contribution >= 0.6 is 0 Å². The summed E-state index contributed by atoms with van der Waals surface area (Å²) in [5, 5.41) is 0. The molecule has 0 N–H and O–H groups in total. The Kier molecular flexibility index (Phi) is 1.67. The van der Waals surface area contributed by atoms with E-state index in [1.807, 2.05) is 0 Å². The largest absolute Gasteiger partial charge is 0.259 e. The minimum atomic E-state index is 0.201. The molecule has 0 aliphatic carbocycles. The minimum absolute atomic E-state index is 0.201. The molecule has 17 heavy (non-hydrogen) atoms. The van der Waals surface area contributed by atoms with Crippen molar-refractivity contribution in [2.45, 2.75) is 53.5 Å². The van der Waals surface area contributed by atoms with Gasteiger partial charge in [-0.2, -0.15) is 4.40 Å². The smallest absolute Gasteiger partial charge is 0.225 e. The van der Waals surface area contributed by atoms with E-state index < -0.39 is 0 Å². The molecule has 0 spiro atoms. The molecule has 2 aromatic rings. The molecule has 2 aromatic heterocycles. The summed E-state index contributed by atoms with van der Waals surface area (Å²) in [6.45, 7) is 13.0. The van der Waals surface area contributed by atoms with Crippen LogP contribution in [0.4, 0.5) is 0 Å². The Balaban J connectivity index is 2.56. The Labute approximate surface area is 104 Å². The number of pyridine rings is 1. The summed E-state index contributed by atoms with van der Waals surface area (Å²) in [5.41, 5.74) is 6.54. The first kappa shape index (κ1) is 9.69. The third kappa shape index (κ3) is 1.13. The number of rotatable bonds is 0. The van der Waals surface area contributed by atoms with Crippen LogP contribution in [0, 0.1) is 27.7 Å². The maximum atomic E-state index is 8.38. The Morgan fingerprint density at radius 3 is 2.47 bits per heavy atom. The lowest BCUT2D eigenvalue weighted by molar-refractivity contribution is -0.521. The van der Waals surface area contributed by atoms with Gasteiger partial charge in [-0.05, 0) is 45.7 Å². The molecule has 0 saturated carbocycles. The molecule has 1 aliphatic heterocycles. The van der Waals surface area contributed by atoms with E-state index >= 15 is 0 Å². The molecule has 0 atom stereocenters. The lowest BCUT2D eigenvalue weighted by atomic mass is 9.88.